The highest BCUT2D eigenvalue weighted by Gasteiger charge is 2.49. The lowest BCUT2D eigenvalue weighted by molar-refractivity contribution is -0.890. The number of nitrogens with one attached hydrogen (secondary N) is 1. The van der Waals surface area contributed by atoms with Crippen molar-refractivity contribution < 1.29 is 26.7 Å². The number of hydrogen-bond acceptors (Lipinski definition) is 5. The summed E-state index contributed by atoms with van der Waals surface area (Å²) in [6.07, 6.45) is 5.32. The predicted molar refractivity (Wildman–Crippen MR) is 153 cm³/mol. The fourth-order valence-corrected chi connectivity index (χ4v) is 18.5. The Kier molecular flexibility index (Phi) is 14.8. The van der Waals surface area contributed by atoms with Crippen molar-refractivity contribution in [2.75, 3.05) is 40.3 Å². The summed E-state index contributed by atoms with van der Waals surface area (Å²) >= 11 is 0. The molecule has 0 aliphatic heterocycles. The van der Waals surface area contributed by atoms with Crippen molar-refractivity contribution in [2.24, 2.45) is 0 Å². The molecule has 0 fully saturated rings. The second-order valence-corrected chi connectivity index (χ2v) is 30.0. The summed E-state index contributed by atoms with van der Waals surface area (Å²) < 4.78 is 21.0. The summed E-state index contributed by atoms with van der Waals surface area (Å²) in [6.45, 7) is 22.8. The normalized spacial score (nSPS) is 13.9. The Bertz CT molecular complexity index is 547. The maximum absolute atomic E-state index is 12.4. The molecule has 0 aliphatic carbocycles. The van der Waals surface area contributed by atoms with Crippen molar-refractivity contribution >= 4 is 39.7 Å². The number of aliphatic hydroxyl groups is 1. The molecule has 34 heavy (non-hydrogen) atoms. The third-order valence-electron chi connectivity index (χ3n) is 4.96. The molecule has 0 aromatic heterocycles. The third kappa shape index (κ3) is 19.3. The molecule has 0 aliphatic rings. The summed E-state index contributed by atoms with van der Waals surface area (Å²) in [6, 6.07) is 0.757. The highest BCUT2D eigenvalue weighted by molar-refractivity contribution is 6.90. The van der Waals surface area contributed by atoms with Gasteiger partial charge in [0.25, 0.3) is 0 Å². The zero-order chi connectivity index (χ0) is 26.7. The second kappa shape index (κ2) is 14.8. The number of hydrogen-bond donors (Lipinski definition) is 2. The van der Waals surface area contributed by atoms with E-state index in [1.807, 2.05) is 0 Å². The summed E-state index contributed by atoms with van der Waals surface area (Å²) in [5, 5.41) is 12.1. The molecule has 0 saturated heterocycles. The zero-order valence-electron chi connectivity index (χ0n) is 24.3. The van der Waals surface area contributed by atoms with E-state index < -0.39 is 33.8 Å². The minimum Gasteiger partial charge on any atom is -0.417 e. The first-order valence-corrected chi connectivity index (χ1v) is 25.2. The highest BCUT2D eigenvalue weighted by Crippen LogP contribution is 2.29. The first-order valence-electron chi connectivity index (χ1n) is 13.1. The van der Waals surface area contributed by atoms with E-state index in [-0.39, 0.29) is 12.5 Å². The molecule has 0 bridgehead atoms. The maximum Gasteiger partial charge on any atom is 0.469 e. The van der Waals surface area contributed by atoms with Gasteiger partial charge in [-0.3, -0.25) is 4.79 Å². The second-order valence-electron chi connectivity index (χ2n) is 13.1. The molecule has 0 saturated carbocycles. The molecule has 0 aromatic carbocycles. The molecule has 0 heterocycles. The van der Waals surface area contributed by atoms with Crippen molar-refractivity contribution in [2.45, 2.75) is 103 Å². The molecule has 0 aromatic rings. The van der Waals surface area contributed by atoms with Gasteiger partial charge in [-0.2, -0.15) is 0 Å². The van der Waals surface area contributed by atoms with Gasteiger partial charge in [0.05, 0.1) is 27.2 Å². The number of unbranched alkanes of at least 4 members (excludes halogenated alkanes) is 2. The Labute approximate surface area is 215 Å². The van der Waals surface area contributed by atoms with Crippen LogP contribution in [0, 0.1) is 0 Å². The van der Waals surface area contributed by atoms with Gasteiger partial charge >= 0.3 is 8.80 Å². The number of quaternary nitrogens is 1. The van der Waals surface area contributed by atoms with Crippen LogP contribution in [0.1, 0.15) is 38.5 Å². The molecule has 0 unspecified atom stereocenters. The molecular weight excluding hydrogens is 497 g/mol. The van der Waals surface area contributed by atoms with Crippen LogP contribution in [-0.4, -0.2) is 89.6 Å². The van der Waals surface area contributed by atoms with E-state index in [1.165, 1.54) is 0 Å². The van der Waals surface area contributed by atoms with Crippen LogP contribution in [0.25, 0.3) is 0 Å². The molecule has 1 amide bonds. The predicted octanol–water partition coefficient (Wildman–Crippen LogP) is 5.01. The highest BCUT2D eigenvalue weighted by atomic mass is 28.5. The number of nitrogens with zero attached hydrogens (tertiary/aromatic N) is 1. The molecule has 7 nitrogen and oxygen atoms in total. The number of carbonyl (C=O) groups is 1. The van der Waals surface area contributed by atoms with E-state index >= 15 is 0 Å². The topological polar surface area (TPSA) is 77.0 Å². The van der Waals surface area contributed by atoms with Crippen molar-refractivity contribution in [1.82, 2.24) is 5.32 Å². The van der Waals surface area contributed by atoms with Crippen LogP contribution in [0.5, 0.6) is 0 Å². The van der Waals surface area contributed by atoms with E-state index in [2.05, 4.69) is 78.3 Å². The quantitative estimate of drug-likeness (QED) is 0.134. The van der Waals surface area contributed by atoms with Crippen LogP contribution in [-0.2, 0) is 17.1 Å². The largest absolute Gasteiger partial charge is 0.469 e. The molecule has 204 valence electrons. The van der Waals surface area contributed by atoms with Gasteiger partial charge in [-0.1, -0.05) is 0 Å². The van der Waals surface area contributed by atoms with Crippen LogP contribution < -0.4 is 5.32 Å². The zero-order valence-corrected chi connectivity index (χ0v) is 28.3. The summed E-state index contributed by atoms with van der Waals surface area (Å²) in [5.41, 5.74) is 0. The van der Waals surface area contributed by atoms with Gasteiger partial charge in [0.2, 0.25) is 5.91 Å². The molecule has 0 rings (SSSR count). The Morgan fingerprint density at radius 2 is 1.21 bits per heavy atom. The smallest absolute Gasteiger partial charge is 0.417 e. The first-order chi connectivity index (χ1) is 15.3. The van der Waals surface area contributed by atoms with Gasteiger partial charge < -0.3 is 27.3 Å². The van der Waals surface area contributed by atoms with Gasteiger partial charge in [0.15, 0.2) is 25.0 Å². The van der Waals surface area contributed by atoms with Crippen molar-refractivity contribution in [1.29, 1.82) is 0 Å². The standard InChI is InChI=1S/C23H56N2O5Si4/c1-25(2,20-16-21-26)19-14-12-13-17-23(27)24-18-15-22-34(28-31(3,4)5,29-32(6,7)8)30-33(9,10)11/h26H,12-22H2,1-11H3/p+1. The van der Waals surface area contributed by atoms with Gasteiger partial charge in [-0.25, -0.2) is 0 Å². The summed E-state index contributed by atoms with van der Waals surface area (Å²) in [5.74, 6) is 0.129. The van der Waals surface area contributed by atoms with E-state index in [1.54, 1.807) is 0 Å². The Morgan fingerprint density at radius 3 is 1.65 bits per heavy atom. The van der Waals surface area contributed by atoms with Crippen LogP contribution in [0.4, 0.5) is 0 Å². The fourth-order valence-electron chi connectivity index (χ4n) is 3.85. The Balaban J connectivity index is 4.64. The van der Waals surface area contributed by atoms with Crippen LogP contribution in [0.2, 0.25) is 65.0 Å². The third-order valence-corrected chi connectivity index (χ3v) is 17.0. The Hall–Kier alpha value is 0.138. The number of aliphatic hydroxyl groups excluding tert-OH is 1. The molecule has 0 atom stereocenters. The van der Waals surface area contributed by atoms with Crippen LogP contribution in [0.15, 0.2) is 0 Å². The lowest BCUT2D eigenvalue weighted by atomic mass is 10.1. The lowest BCUT2D eigenvalue weighted by Gasteiger charge is -2.43. The van der Waals surface area contributed by atoms with Gasteiger partial charge in [-0.15, -0.1) is 0 Å². The van der Waals surface area contributed by atoms with Crippen LogP contribution in [0.3, 0.4) is 0 Å². The number of amides is 1. The molecule has 11 heteroatoms. The molecule has 0 spiro atoms. The minimum absolute atomic E-state index is 0.129. The maximum atomic E-state index is 12.4. The van der Waals surface area contributed by atoms with Crippen molar-refractivity contribution in [3.05, 3.63) is 0 Å². The monoisotopic (exact) mass is 553 g/mol. The summed E-state index contributed by atoms with van der Waals surface area (Å²) in [4.78, 5) is 12.4. The molecular formula is C23H57N2O5Si4+. The molecule has 0 radical (unpaired) electrons. The van der Waals surface area contributed by atoms with Gasteiger partial charge in [0, 0.05) is 32.0 Å². The van der Waals surface area contributed by atoms with Crippen molar-refractivity contribution in [3.63, 3.8) is 0 Å². The van der Waals surface area contributed by atoms with Gasteiger partial charge in [0.1, 0.15) is 0 Å². The average molecular weight is 554 g/mol. The fraction of sp³-hybridized carbons (Fsp3) is 0.957. The first kappa shape index (κ1) is 34.1. The Morgan fingerprint density at radius 1 is 0.735 bits per heavy atom. The van der Waals surface area contributed by atoms with E-state index in [0.29, 0.717) is 13.0 Å². The SMILES string of the molecule is C[N+](C)(CCCO)CCCCCC(=O)NCCC[Si](O[Si](C)(C)C)(O[Si](C)(C)C)O[Si](C)(C)C. The van der Waals surface area contributed by atoms with E-state index in [9.17, 15) is 4.79 Å². The molecule has 2 N–H and O–H groups in total. The summed E-state index contributed by atoms with van der Waals surface area (Å²) in [7, 11) is -4.01. The van der Waals surface area contributed by atoms with E-state index in [4.69, 9.17) is 17.5 Å². The minimum atomic E-state index is -2.82. The lowest BCUT2D eigenvalue weighted by Crippen LogP contribution is -2.60. The van der Waals surface area contributed by atoms with Gasteiger partial charge in [-0.05, 0) is 84.6 Å². The average Bonchev–Trinajstić information content (AvgIpc) is 2.59. The van der Waals surface area contributed by atoms with Crippen molar-refractivity contribution in [3.8, 4) is 0 Å². The van der Waals surface area contributed by atoms with Crippen LogP contribution >= 0.6 is 0 Å². The number of rotatable bonds is 19. The number of carbonyl (C=O) groups excluding carboxylic acids is 1. The van der Waals surface area contributed by atoms with E-state index in [0.717, 1.165) is 55.7 Å².